The van der Waals surface area contributed by atoms with Crippen LogP contribution in [0.3, 0.4) is 0 Å². The predicted molar refractivity (Wildman–Crippen MR) is 57.8 cm³/mol. The van der Waals surface area contributed by atoms with E-state index in [1.54, 1.807) is 14.1 Å². The number of rotatable bonds is 8. The molecule has 92 valence electrons. The number of likely N-dealkylation sites (N-methyl/N-ethyl adjacent to an activating group) is 2. The van der Waals surface area contributed by atoms with Crippen LogP contribution in [-0.4, -0.2) is 68.3 Å². The fourth-order valence-electron chi connectivity index (χ4n) is 0.877. The second-order valence-corrected chi connectivity index (χ2v) is 3.60. The summed E-state index contributed by atoms with van der Waals surface area (Å²) in [5.74, 6) is -0.323. The van der Waals surface area contributed by atoms with E-state index in [0.29, 0.717) is 19.5 Å². The van der Waals surface area contributed by atoms with Crippen molar-refractivity contribution in [2.45, 2.75) is 6.92 Å². The zero-order chi connectivity index (χ0) is 12.6. The molecule has 0 radical (unpaired) electrons. The first kappa shape index (κ1) is 14.6. The molecule has 0 unspecified atom stereocenters. The lowest BCUT2D eigenvalue weighted by Crippen LogP contribution is -2.36. The van der Waals surface area contributed by atoms with Crippen molar-refractivity contribution in [1.82, 2.24) is 9.80 Å². The van der Waals surface area contributed by atoms with Crippen LogP contribution in [-0.2, 0) is 19.1 Å². The maximum absolute atomic E-state index is 11.4. The molecule has 0 aliphatic carbocycles. The highest BCUT2D eigenvalue weighted by molar-refractivity contribution is 5.79. The third-order valence-electron chi connectivity index (χ3n) is 1.92. The van der Waals surface area contributed by atoms with Gasteiger partial charge in [-0.05, 0) is 6.92 Å². The lowest BCUT2D eigenvalue weighted by Gasteiger charge is -2.19. The summed E-state index contributed by atoms with van der Waals surface area (Å²) in [7, 11) is 3.26. The predicted octanol–water partition coefficient (Wildman–Crippen LogP) is -0.861. The smallest absolute Gasteiger partial charge is 0.248 e. The maximum atomic E-state index is 11.4. The maximum Gasteiger partial charge on any atom is 0.248 e. The lowest BCUT2D eigenvalue weighted by atomic mass is 10.4. The molecular weight excluding hydrogens is 212 g/mol. The number of hydrogen-bond acceptors (Lipinski definition) is 4. The topological polar surface area (TPSA) is 66.9 Å². The van der Waals surface area contributed by atoms with Crippen molar-refractivity contribution >= 4 is 18.1 Å². The summed E-state index contributed by atoms with van der Waals surface area (Å²) in [5, 5.41) is 0. The Morgan fingerprint density at radius 3 is 2.31 bits per heavy atom. The van der Waals surface area contributed by atoms with Crippen LogP contribution in [0.5, 0.6) is 0 Å². The highest BCUT2D eigenvalue weighted by Crippen LogP contribution is 1.88. The second kappa shape index (κ2) is 7.81. The molecule has 0 rings (SSSR count). The summed E-state index contributed by atoms with van der Waals surface area (Å²) >= 11 is 0. The van der Waals surface area contributed by atoms with Crippen molar-refractivity contribution in [3.8, 4) is 0 Å². The normalized spacial score (nSPS) is 9.69. The molecule has 0 aliphatic rings. The first-order chi connectivity index (χ1) is 7.47. The van der Waals surface area contributed by atoms with Gasteiger partial charge in [0.2, 0.25) is 12.3 Å². The number of carbonyl (C=O) groups excluding carboxylic acids is 3. The van der Waals surface area contributed by atoms with Gasteiger partial charge in [0, 0.05) is 27.2 Å². The first-order valence-corrected chi connectivity index (χ1v) is 4.94. The molecule has 0 fully saturated rings. The van der Waals surface area contributed by atoms with Crippen LogP contribution in [0.2, 0.25) is 0 Å². The third-order valence-corrected chi connectivity index (χ3v) is 1.92. The Hall–Kier alpha value is -1.43. The van der Waals surface area contributed by atoms with Crippen molar-refractivity contribution in [3.05, 3.63) is 0 Å². The Morgan fingerprint density at radius 1 is 1.19 bits per heavy atom. The molecule has 0 aromatic rings. The van der Waals surface area contributed by atoms with Crippen LogP contribution in [0.4, 0.5) is 0 Å². The van der Waals surface area contributed by atoms with Crippen molar-refractivity contribution in [2.75, 3.05) is 40.4 Å². The summed E-state index contributed by atoms with van der Waals surface area (Å²) in [5.41, 5.74) is 0. The highest BCUT2D eigenvalue weighted by atomic mass is 16.5. The summed E-state index contributed by atoms with van der Waals surface area (Å²) in [4.78, 5) is 35.2. The van der Waals surface area contributed by atoms with Gasteiger partial charge in [0.1, 0.15) is 13.2 Å². The summed E-state index contributed by atoms with van der Waals surface area (Å²) in [6.07, 6.45) is 0.699. The van der Waals surface area contributed by atoms with E-state index in [1.165, 1.54) is 16.7 Å². The summed E-state index contributed by atoms with van der Waals surface area (Å²) < 4.78 is 4.89. The molecule has 0 saturated heterocycles. The van der Waals surface area contributed by atoms with Gasteiger partial charge in [0.25, 0.3) is 0 Å². The van der Waals surface area contributed by atoms with Crippen molar-refractivity contribution in [3.63, 3.8) is 0 Å². The molecule has 6 heteroatoms. The van der Waals surface area contributed by atoms with Gasteiger partial charge >= 0.3 is 0 Å². The average Bonchev–Trinajstić information content (AvgIpc) is 2.24. The van der Waals surface area contributed by atoms with Crippen LogP contribution in [0.1, 0.15) is 6.92 Å². The second-order valence-electron chi connectivity index (χ2n) is 3.60. The van der Waals surface area contributed by atoms with E-state index in [9.17, 15) is 14.4 Å². The Labute approximate surface area is 95.1 Å². The molecule has 0 saturated carbocycles. The number of amides is 2. The van der Waals surface area contributed by atoms with Crippen LogP contribution < -0.4 is 0 Å². The minimum atomic E-state index is -0.208. The molecule has 0 bridgehead atoms. The van der Waals surface area contributed by atoms with Gasteiger partial charge < -0.3 is 14.5 Å². The van der Waals surface area contributed by atoms with E-state index in [2.05, 4.69) is 0 Å². The van der Waals surface area contributed by atoms with E-state index in [4.69, 9.17) is 4.74 Å². The van der Waals surface area contributed by atoms with Crippen LogP contribution in [0.25, 0.3) is 0 Å². The summed E-state index contributed by atoms with van der Waals surface area (Å²) in [6.45, 7) is 2.15. The largest absolute Gasteiger partial charge is 0.364 e. The van der Waals surface area contributed by atoms with Gasteiger partial charge in [-0.15, -0.1) is 0 Å². The molecule has 16 heavy (non-hydrogen) atoms. The van der Waals surface area contributed by atoms with Crippen molar-refractivity contribution < 1.29 is 19.1 Å². The zero-order valence-electron chi connectivity index (χ0n) is 9.93. The Kier molecular flexibility index (Phi) is 7.11. The van der Waals surface area contributed by atoms with Gasteiger partial charge in [-0.1, -0.05) is 0 Å². The molecule has 0 heterocycles. The molecule has 0 aliphatic heterocycles. The Bertz CT molecular complexity index is 255. The Morgan fingerprint density at radius 2 is 1.81 bits per heavy atom. The van der Waals surface area contributed by atoms with E-state index in [-0.39, 0.29) is 24.9 Å². The summed E-state index contributed by atoms with van der Waals surface area (Å²) in [6, 6.07) is 0. The number of Topliss-reactive ketones (excluding diaryl/α,β-unsaturated/α-hetero) is 1. The average molecular weight is 230 g/mol. The van der Waals surface area contributed by atoms with Crippen LogP contribution in [0.15, 0.2) is 0 Å². The van der Waals surface area contributed by atoms with Crippen molar-refractivity contribution in [2.24, 2.45) is 0 Å². The fourth-order valence-corrected chi connectivity index (χ4v) is 0.877. The van der Waals surface area contributed by atoms with Gasteiger partial charge in [-0.2, -0.15) is 0 Å². The standard InChI is InChI=1S/C10H18N2O4/c1-9(14)6-16-7-10(15)12(3)5-4-11(2)8-13/h8H,4-7H2,1-3H3. The van der Waals surface area contributed by atoms with Crippen LogP contribution >= 0.6 is 0 Å². The number of ketones is 1. The van der Waals surface area contributed by atoms with Gasteiger partial charge in [0.05, 0.1) is 0 Å². The molecule has 2 amide bonds. The third kappa shape index (κ3) is 6.94. The molecule has 6 nitrogen and oxygen atoms in total. The lowest BCUT2D eigenvalue weighted by molar-refractivity contribution is -0.137. The van der Waals surface area contributed by atoms with Crippen LogP contribution in [0, 0.1) is 0 Å². The van der Waals surface area contributed by atoms with E-state index < -0.39 is 0 Å². The van der Waals surface area contributed by atoms with E-state index in [1.807, 2.05) is 0 Å². The number of carbonyl (C=O) groups is 3. The van der Waals surface area contributed by atoms with E-state index >= 15 is 0 Å². The van der Waals surface area contributed by atoms with Crippen molar-refractivity contribution in [1.29, 1.82) is 0 Å². The SMILES string of the molecule is CC(=O)COCC(=O)N(C)CCN(C)C=O. The molecular formula is C10H18N2O4. The molecule has 0 atom stereocenters. The number of hydrogen-bond donors (Lipinski definition) is 0. The fraction of sp³-hybridized carbons (Fsp3) is 0.700. The molecule has 0 aromatic heterocycles. The highest BCUT2D eigenvalue weighted by Gasteiger charge is 2.09. The Balaban J connectivity index is 3.72. The first-order valence-electron chi connectivity index (χ1n) is 4.94. The van der Waals surface area contributed by atoms with Gasteiger partial charge in [-0.25, -0.2) is 0 Å². The minimum Gasteiger partial charge on any atom is -0.364 e. The molecule has 0 N–H and O–H groups in total. The number of ether oxygens (including phenoxy) is 1. The quantitative estimate of drug-likeness (QED) is 0.509. The molecule has 0 aromatic carbocycles. The van der Waals surface area contributed by atoms with Gasteiger partial charge in [0.15, 0.2) is 5.78 Å². The number of nitrogens with zero attached hydrogens (tertiary/aromatic N) is 2. The van der Waals surface area contributed by atoms with Gasteiger partial charge in [-0.3, -0.25) is 14.4 Å². The molecule has 0 spiro atoms. The van der Waals surface area contributed by atoms with E-state index in [0.717, 1.165) is 0 Å². The minimum absolute atomic E-state index is 0.0478. The monoisotopic (exact) mass is 230 g/mol. The zero-order valence-corrected chi connectivity index (χ0v) is 9.93.